The van der Waals surface area contributed by atoms with Gasteiger partial charge in [0.15, 0.2) is 0 Å². The average molecular weight is 331 g/mol. The van der Waals surface area contributed by atoms with Crippen LogP contribution >= 0.6 is 15.9 Å². The lowest BCUT2D eigenvalue weighted by molar-refractivity contribution is 0.411. The van der Waals surface area contributed by atoms with Gasteiger partial charge in [-0.25, -0.2) is 0 Å². The zero-order valence-corrected chi connectivity index (χ0v) is 12.6. The molecule has 0 aliphatic heterocycles. The lowest BCUT2D eigenvalue weighted by atomic mass is 9.92. The molecule has 0 amide bonds. The van der Waals surface area contributed by atoms with Gasteiger partial charge in [0.05, 0.1) is 17.5 Å². The van der Waals surface area contributed by atoms with Gasteiger partial charge in [-0.15, -0.1) is 0 Å². The van der Waals surface area contributed by atoms with Gasteiger partial charge in [0.2, 0.25) is 0 Å². The Morgan fingerprint density at radius 1 is 1.00 bits per heavy atom. The maximum Gasteiger partial charge on any atom is 0.133 e. The smallest absolute Gasteiger partial charge is 0.133 e. The molecule has 0 fully saturated rings. The molecule has 0 bridgehead atoms. The number of H-pyrrole nitrogens is 2. The first kappa shape index (κ1) is 13.1. The fourth-order valence-electron chi connectivity index (χ4n) is 2.43. The van der Waals surface area contributed by atoms with Gasteiger partial charge in [-0.1, -0.05) is 6.07 Å². The summed E-state index contributed by atoms with van der Waals surface area (Å²) in [4.78, 5) is 6.61. The number of benzene rings is 1. The van der Waals surface area contributed by atoms with Crippen LogP contribution in [0, 0.1) is 0 Å². The van der Waals surface area contributed by atoms with Gasteiger partial charge >= 0.3 is 0 Å². The normalized spacial score (nSPS) is 10.9. The third-order valence-electron chi connectivity index (χ3n) is 3.37. The zero-order valence-electron chi connectivity index (χ0n) is 11.1. The highest BCUT2D eigenvalue weighted by Crippen LogP contribution is 2.34. The number of hydrogen-bond donors (Lipinski definition) is 2. The Bertz CT molecular complexity index is 640. The van der Waals surface area contributed by atoms with Crippen molar-refractivity contribution in [3.05, 3.63) is 76.3 Å². The molecule has 20 heavy (non-hydrogen) atoms. The van der Waals surface area contributed by atoms with Crippen molar-refractivity contribution in [2.75, 3.05) is 7.11 Å². The van der Waals surface area contributed by atoms with Crippen molar-refractivity contribution in [2.24, 2.45) is 0 Å². The van der Waals surface area contributed by atoms with Crippen LogP contribution in [-0.2, 0) is 0 Å². The quantitative estimate of drug-likeness (QED) is 0.735. The summed E-state index contributed by atoms with van der Waals surface area (Å²) in [6, 6.07) is 14.4. The molecular weight excluding hydrogens is 316 g/mol. The molecule has 3 aromatic rings. The number of aromatic nitrogens is 2. The maximum atomic E-state index is 5.40. The molecule has 3 nitrogen and oxygen atoms in total. The second kappa shape index (κ2) is 5.59. The highest BCUT2D eigenvalue weighted by molar-refractivity contribution is 9.10. The first-order chi connectivity index (χ1) is 9.79. The largest absolute Gasteiger partial charge is 0.496 e. The summed E-state index contributed by atoms with van der Waals surface area (Å²) >= 11 is 3.50. The molecule has 2 N–H and O–H groups in total. The van der Waals surface area contributed by atoms with Crippen molar-refractivity contribution >= 4 is 15.9 Å². The summed E-state index contributed by atoms with van der Waals surface area (Å²) in [5.74, 6) is 0.979. The molecule has 4 heteroatoms. The fourth-order valence-corrected chi connectivity index (χ4v) is 2.84. The first-order valence-corrected chi connectivity index (χ1v) is 7.19. The number of hydrogen-bond acceptors (Lipinski definition) is 1. The summed E-state index contributed by atoms with van der Waals surface area (Å²) in [6.45, 7) is 0. The highest BCUT2D eigenvalue weighted by atomic mass is 79.9. The molecular formula is C16H15BrN2O. The summed E-state index contributed by atoms with van der Waals surface area (Å²) in [6.07, 6.45) is 3.89. The van der Waals surface area contributed by atoms with Gasteiger partial charge < -0.3 is 14.7 Å². The minimum atomic E-state index is 0.141. The van der Waals surface area contributed by atoms with Crippen LogP contribution in [0.3, 0.4) is 0 Å². The van der Waals surface area contributed by atoms with Crippen LogP contribution < -0.4 is 4.74 Å². The molecule has 1 aromatic carbocycles. The van der Waals surface area contributed by atoms with Gasteiger partial charge in [-0.3, -0.25) is 0 Å². The van der Waals surface area contributed by atoms with E-state index in [0.29, 0.717) is 0 Å². The topological polar surface area (TPSA) is 40.8 Å². The van der Waals surface area contributed by atoms with Crippen molar-refractivity contribution in [2.45, 2.75) is 5.92 Å². The monoisotopic (exact) mass is 330 g/mol. The van der Waals surface area contributed by atoms with Crippen molar-refractivity contribution in [1.82, 2.24) is 9.97 Å². The van der Waals surface area contributed by atoms with Crippen LogP contribution in [0.15, 0.2) is 59.3 Å². The van der Waals surface area contributed by atoms with E-state index in [1.165, 1.54) is 5.56 Å². The molecule has 0 atom stereocenters. The Morgan fingerprint density at radius 2 is 1.65 bits per heavy atom. The second-order valence-electron chi connectivity index (χ2n) is 4.58. The molecule has 0 radical (unpaired) electrons. The lowest BCUT2D eigenvalue weighted by Gasteiger charge is -2.16. The number of methoxy groups -OCH3 is 1. The van der Waals surface area contributed by atoms with Crippen LogP contribution in [0.5, 0.6) is 5.75 Å². The molecule has 0 saturated heterocycles. The molecule has 3 rings (SSSR count). The third kappa shape index (κ3) is 2.39. The zero-order chi connectivity index (χ0) is 13.9. The van der Waals surface area contributed by atoms with Crippen molar-refractivity contribution in [1.29, 1.82) is 0 Å². The standard InChI is InChI=1S/C16H15BrN2O/c1-20-15-10-11(6-7-12(15)17)16(13-4-2-8-18-13)14-5-3-9-19-14/h2-10,16,18-19H,1H3. The molecule has 0 aliphatic rings. The lowest BCUT2D eigenvalue weighted by Crippen LogP contribution is -2.04. The van der Waals surface area contributed by atoms with Gasteiger partial charge in [-0.2, -0.15) is 0 Å². The molecule has 0 spiro atoms. The van der Waals surface area contributed by atoms with E-state index < -0.39 is 0 Å². The van der Waals surface area contributed by atoms with E-state index in [9.17, 15) is 0 Å². The number of halogens is 1. The average Bonchev–Trinajstić information content (AvgIpc) is 3.15. The van der Waals surface area contributed by atoms with Crippen LogP contribution in [0.4, 0.5) is 0 Å². The number of rotatable bonds is 4. The van der Waals surface area contributed by atoms with Crippen molar-refractivity contribution in [3.8, 4) is 5.75 Å². The molecule has 0 unspecified atom stereocenters. The van der Waals surface area contributed by atoms with E-state index in [0.717, 1.165) is 21.6 Å². The fraction of sp³-hybridized carbons (Fsp3) is 0.125. The summed E-state index contributed by atoms with van der Waals surface area (Å²) in [5.41, 5.74) is 3.48. The van der Waals surface area contributed by atoms with Crippen molar-refractivity contribution < 1.29 is 4.74 Å². The Kier molecular flexibility index (Phi) is 3.65. The predicted molar refractivity (Wildman–Crippen MR) is 83.2 cm³/mol. The summed E-state index contributed by atoms with van der Waals surface area (Å²) in [7, 11) is 1.68. The SMILES string of the molecule is COc1cc(C(c2ccc[nH]2)c2ccc[nH]2)ccc1Br. The van der Waals surface area contributed by atoms with Gasteiger partial charge in [0.1, 0.15) is 5.75 Å². The summed E-state index contributed by atoms with van der Waals surface area (Å²) in [5, 5.41) is 0. The van der Waals surface area contributed by atoms with E-state index in [1.54, 1.807) is 7.11 Å². The van der Waals surface area contributed by atoms with E-state index in [4.69, 9.17) is 4.74 Å². The molecule has 102 valence electrons. The van der Waals surface area contributed by atoms with Crippen LogP contribution in [-0.4, -0.2) is 17.1 Å². The summed E-state index contributed by atoms with van der Waals surface area (Å²) < 4.78 is 6.36. The van der Waals surface area contributed by atoms with Crippen LogP contribution in [0.1, 0.15) is 22.9 Å². The molecule has 2 heterocycles. The second-order valence-corrected chi connectivity index (χ2v) is 5.43. The molecule has 0 aliphatic carbocycles. The van der Waals surface area contributed by atoms with Crippen LogP contribution in [0.2, 0.25) is 0 Å². The minimum Gasteiger partial charge on any atom is -0.496 e. The Balaban J connectivity index is 2.11. The predicted octanol–water partition coefficient (Wildman–Crippen LogP) is 4.29. The van der Waals surface area contributed by atoms with E-state index >= 15 is 0 Å². The minimum absolute atomic E-state index is 0.141. The molecule has 2 aromatic heterocycles. The number of ether oxygens (including phenoxy) is 1. The highest BCUT2D eigenvalue weighted by Gasteiger charge is 2.19. The molecule has 0 saturated carbocycles. The third-order valence-corrected chi connectivity index (χ3v) is 4.03. The van der Waals surface area contributed by atoms with Crippen LogP contribution in [0.25, 0.3) is 0 Å². The van der Waals surface area contributed by atoms with Crippen molar-refractivity contribution in [3.63, 3.8) is 0 Å². The van der Waals surface area contributed by atoms with E-state index in [1.807, 2.05) is 30.6 Å². The van der Waals surface area contributed by atoms with E-state index in [-0.39, 0.29) is 5.92 Å². The van der Waals surface area contributed by atoms with Gasteiger partial charge in [-0.05, 0) is 57.9 Å². The number of nitrogens with one attached hydrogen (secondary N) is 2. The van der Waals surface area contributed by atoms with E-state index in [2.05, 4.69) is 50.2 Å². The Labute approximate surface area is 126 Å². The van der Waals surface area contributed by atoms with Gasteiger partial charge in [0, 0.05) is 23.8 Å². The van der Waals surface area contributed by atoms with Gasteiger partial charge in [0.25, 0.3) is 0 Å². The Hall–Kier alpha value is -1.94. The maximum absolute atomic E-state index is 5.40. The number of aromatic amines is 2. The Morgan fingerprint density at radius 3 is 2.15 bits per heavy atom. The first-order valence-electron chi connectivity index (χ1n) is 6.39.